The largest absolute Gasteiger partial charge is 0.496 e. The van der Waals surface area contributed by atoms with Gasteiger partial charge in [0.1, 0.15) is 11.5 Å². The topological polar surface area (TPSA) is 73.9 Å². The third-order valence-electron chi connectivity index (χ3n) is 5.55. The minimum absolute atomic E-state index is 0.0250. The molecule has 0 radical (unpaired) electrons. The van der Waals surface area contributed by atoms with Crippen molar-refractivity contribution in [2.24, 2.45) is 5.41 Å². The maximum Gasteiger partial charge on any atom is 0.336 e. The van der Waals surface area contributed by atoms with E-state index in [0.717, 1.165) is 10.2 Å². The molecule has 1 heterocycles. The first-order chi connectivity index (χ1) is 14.1. The number of allylic oxidation sites excluding steroid dienone is 3. The molecule has 0 spiro atoms. The summed E-state index contributed by atoms with van der Waals surface area (Å²) < 4.78 is 17.2. The first-order valence-corrected chi connectivity index (χ1v) is 10.7. The monoisotopic (exact) mass is 477 g/mol. The van der Waals surface area contributed by atoms with Gasteiger partial charge in [0.05, 0.1) is 36.8 Å². The molecule has 0 unspecified atom stereocenters. The van der Waals surface area contributed by atoms with Crippen molar-refractivity contribution in [3.05, 3.63) is 44.7 Å². The lowest BCUT2D eigenvalue weighted by Gasteiger charge is -2.39. The van der Waals surface area contributed by atoms with Gasteiger partial charge >= 0.3 is 5.97 Å². The van der Waals surface area contributed by atoms with Crippen LogP contribution in [0.4, 0.5) is 0 Å². The number of ether oxygens (including phenoxy) is 3. The van der Waals surface area contributed by atoms with Gasteiger partial charge in [0.25, 0.3) is 0 Å². The van der Waals surface area contributed by atoms with Crippen molar-refractivity contribution in [1.29, 1.82) is 0 Å². The predicted molar refractivity (Wildman–Crippen MR) is 118 cm³/mol. The van der Waals surface area contributed by atoms with E-state index in [1.807, 2.05) is 13.0 Å². The molecule has 162 valence electrons. The maximum absolute atomic E-state index is 13.3. The lowest BCUT2D eigenvalue weighted by atomic mass is 9.68. The van der Waals surface area contributed by atoms with E-state index >= 15 is 0 Å². The van der Waals surface area contributed by atoms with E-state index in [4.69, 9.17) is 14.2 Å². The van der Waals surface area contributed by atoms with Gasteiger partial charge in [-0.3, -0.25) is 4.79 Å². The summed E-state index contributed by atoms with van der Waals surface area (Å²) in [5.41, 5.74) is 3.11. The zero-order valence-electron chi connectivity index (χ0n) is 18.3. The van der Waals surface area contributed by atoms with Crippen LogP contribution in [0.3, 0.4) is 0 Å². The minimum atomic E-state index is -0.596. The number of esters is 1. The maximum atomic E-state index is 13.3. The van der Waals surface area contributed by atoms with Crippen molar-refractivity contribution in [1.82, 2.24) is 5.32 Å². The van der Waals surface area contributed by atoms with Crippen LogP contribution >= 0.6 is 15.9 Å². The molecule has 30 heavy (non-hydrogen) atoms. The summed E-state index contributed by atoms with van der Waals surface area (Å²) in [6, 6.07) is 3.62. The van der Waals surface area contributed by atoms with E-state index in [1.165, 1.54) is 0 Å². The third-order valence-corrected chi connectivity index (χ3v) is 6.17. The second-order valence-corrected chi connectivity index (χ2v) is 9.23. The quantitative estimate of drug-likeness (QED) is 0.622. The number of methoxy groups -OCH3 is 2. The number of dihydropyridines is 1. The van der Waals surface area contributed by atoms with Gasteiger partial charge in [-0.2, -0.15) is 0 Å². The molecular formula is C23H28BrNO5. The molecule has 0 saturated heterocycles. The Morgan fingerprint density at radius 1 is 1.20 bits per heavy atom. The molecule has 2 aliphatic rings. The molecule has 7 heteroatoms. The van der Waals surface area contributed by atoms with Gasteiger partial charge in [0.15, 0.2) is 5.78 Å². The van der Waals surface area contributed by atoms with Crippen LogP contribution in [-0.4, -0.2) is 32.6 Å². The molecule has 1 aliphatic heterocycles. The number of rotatable bonds is 5. The van der Waals surface area contributed by atoms with Crippen LogP contribution in [0.1, 0.15) is 52.0 Å². The number of carbonyl (C=O) groups is 2. The fourth-order valence-electron chi connectivity index (χ4n) is 4.34. The van der Waals surface area contributed by atoms with Gasteiger partial charge in [0, 0.05) is 29.0 Å². The van der Waals surface area contributed by atoms with Crippen molar-refractivity contribution < 1.29 is 23.8 Å². The number of hydrogen-bond donors (Lipinski definition) is 1. The van der Waals surface area contributed by atoms with E-state index in [-0.39, 0.29) is 17.8 Å². The summed E-state index contributed by atoms with van der Waals surface area (Å²) >= 11 is 3.48. The van der Waals surface area contributed by atoms with Gasteiger partial charge in [-0.1, -0.05) is 13.8 Å². The second-order valence-electron chi connectivity index (χ2n) is 8.38. The number of hydrogen-bond acceptors (Lipinski definition) is 6. The van der Waals surface area contributed by atoms with Crippen LogP contribution in [0, 0.1) is 5.41 Å². The van der Waals surface area contributed by atoms with Crippen LogP contribution in [-0.2, 0) is 14.3 Å². The van der Waals surface area contributed by atoms with Crippen LogP contribution in [0.15, 0.2) is 39.1 Å². The van der Waals surface area contributed by atoms with Gasteiger partial charge in [0.2, 0.25) is 0 Å². The highest BCUT2D eigenvalue weighted by Crippen LogP contribution is 2.50. The molecule has 0 aromatic heterocycles. The highest BCUT2D eigenvalue weighted by molar-refractivity contribution is 9.10. The fraction of sp³-hybridized carbons (Fsp3) is 0.478. The summed E-state index contributed by atoms with van der Waals surface area (Å²) in [5.74, 6) is 0.142. The smallest absolute Gasteiger partial charge is 0.336 e. The molecule has 1 atom stereocenters. The summed E-state index contributed by atoms with van der Waals surface area (Å²) in [7, 11) is 3.14. The summed E-state index contributed by atoms with van der Waals surface area (Å²) in [6.45, 7) is 8.01. The Bertz CT molecular complexity index is 961. The van der Waals surface area contributed by atoms with Crippen LogP contribution in [0.2, 0.25) is 0 Å². The van der Waals surface area contributed by atoms with Gasteiger partial charge < -0.3 is 19.5 Å². The Morgan fingerprint density at radius 2 is 1.87 bits per heavy atom. The highest BCUT2D eigenvalue weighted by atomic mass is 79.9. The highest BCUT2D eigenvalue weighted by Gasteiger charge is 2.44. The van der Waals surface area contributed by atoms with E-state index < -0.39 is 11.9 Å². The lowest BCUT2D eigenvalue weighted by molar-refractivity contribution is -0.138. The number of benzene rings is 1. The fourth-order valence-corrected chi connectivity index (χ4v) is 4.82. The molecule has 1 N–H and O–H groups in total. The van der Waals surface area contributed by atoms with Crippen molar-refractivity contribution in [2.45, 2.75) is 46.5 Å². The zero-order valence-corrected chi connectivity index (χ0v) is 19.9. The third kappa shape index (κ3) is 4.00. The normalized spacial score (nSPS) is 20.5. The Kier molecular flexibility index (Phi) is 6.32. The second kappa shape index (κ2) is 8.46. The Hall–Kier alpha value is -2.28. The Labute approximate surface area is 185 Å². The van der Waals surface area contributed by atoms with Gasteiger partial charge in [-0.05, 0) is 53.7 Å². The Morgan fingerprint density at radius 3 is 2.47 bits per heavy atom. The number of ketones is 1. The average molecular weight is 478 g/mol. The Balaban J connectivity index is 2.29. The molecule has 1 aromatic rings. The zero-order chi connectivity index (χ0) is 22.2. The van der Waals surface area contributed by atoms with Crippen LogP contribution < -0.4 is 14.8 Å². The minimum Gasteiger partial charge on any atom is -0.496 e. The number of nitrogens with one attached hydrogen (secondary N) is 1. The SMILES string of the molecule is CCOC(=O)C1=C(C)NC2=C(C(=O)CC(C)(C)C2)[C@H]1c1cc(OC)c(Br)cc1OC. The predicted octanol–water partition coefficient (Wildman–Crippen LogP) is 4.63. The number of carbonyl (C=O) groups excluding carboxylic acids is 2. The molecule has 0 bridgehead atoms. The molecule has 1 aliphatic carbocycles. The van der Waals surface area contributed by atoms with E-state index in [9.17, 15) is 9.59 Å². The first-order valence-electron chi connectivity index (χ1n) is 9.96. The first kappa shape index (κ1) is 22.4. The lowest BCUT2D eigenvalue weighted by Crippen LogP contribution is -2.38. The molecule has 0 fully saturated rings. The van der Waals surface area contributed by atoms with Gasteiger partial charge in [-0.15, -0.1) is 0 Å². The molecule has 6 nitrogen and oxygen atoms in total. The molecule has 0 saturated carbocycles. The summed E-state index contributed by atoms with van der Waals surface area (Å²) in [6.07, 6.45) is 1.13. The van der Waals surface area contributed by atoms with E-state index in [2.05, 4.69) is 35.1 Å². The molecule has 3 rings (SSSR count). The van der Waals surface area contributed by atoms with Gasteiger partial charge in [-0.25, -0.2) is 4.79 Å². The van der Waals surface area contributed by atoms with Crippen molar-refractivity contribution in [3.63, 3.8) is 0 Å². The number of Topliss-reactive ketones (excluding diaryl/α,β-unsaturated/α-hetero) is 1. The van der Waals surface area contributed by atoms with E-state index in [0.29, 0.717) is 46.7 Å². The summed E-state index contributed by atoms with van der Waals surface area (Å²) in [5, 5.41) is 3.33. The summed E-state index contributed by atoms with van der Waals surface area (Å²) in [4.78, 5) is 26.3. The molecule has 1 aromatic carbocycles. The van der Waals surface area contributed by atoms with Crippen molar-refractivity contribution >= 4 is 27.7 Å². The van der Waals surface area contributed by atoms with Crippen molar-refractivity contribution in [3.8, 4) is 11.5 Å². The van der Waals surface area contributed by atoms with Crippen LogP contribution in [0.5, 0.6) is 11.5 Å². The van der Waals surface area contributed by atoms with Crippen molar-refractivity contribution in [2.75, 3.05) is 20.8 Å². The average Bonchev–Trinajstić information content (AvgIpc) is 2.65. The standard InChI is InChI=1S/C23H28BrNO5/c1-7-30-22(27)19-12(2)25-15-10-23(3,4)11-16(26)21(15)20(19)13-8-18(29-6)14(24)9-17(13)28-5/h8-9,20,25H,7,10-11H2,1-6H3/t20-/m0/s1. The van der Waals surface area contributed by atoms with Crippen LogP contribution in [0.25, 0.3) is 0 Å². The van der Waals surface area contributed by atoms with E-state index in [1.54, 1.807) is 27.2 Å². The molecule has 0 amide bonds. The number of halogens is 1. The molecular weight excluding hydrogens is 450 g/mol.